The summed E-state index contributed by atoms with van der Waals surface area (Å²) in [5, 5.41) is 36.0. The number of hydrogen-bond donors (Lipinski definition) is 2. The number of aromatic nitrogens is 2. The number of carbonyl (C=O) groups is 1. The fourth-order valence-corrected chi connectivity index (χ4v) is 5.00. The summed E-state index contributed by atoms with van der Waals surface area (Å²) in [6.45, 7) is 0. The highest BCUT2D eigenvalue weighted by molar-refractivity contribution is 5.64. The lowest BCUT2D eigenvalue weighted by Gasteiger charge is -2.22. The summed E-state index contributed by atoms with van der Waals surface area (Å²) < 4.78 is 26.2. The summed E-state index contributed by atoms with van der Waals surface area (Å²) in [6.07, 6.45) is 3.72. The van der Waals surface area contributed by atoms with E-state index >= 15 is 0 Å². The van der Waals surface area contributed by atoms with Crippen LogP contribution >= 0.6 is 0 Å². The third-order valence-electron chi connectivity index (χ3n) is 6.81. The van der Waals surface area contributed by atoms with Crippen molar-refractivity contribution in [3.63, 3.8) is 0 Å². The average Bonchev–Trinajstić information content (AvgIpc) is 3.26. The molecule has 8 nitrogen and oxygen atoms in total. The maximum absolute atomic E-state index is 13.6. The molecule has 3 atom stereocenters. The van der Waals surface area contributed by atoms with Crippen LogP contribution in [-0.2, 0) is 17.6 Å². The number of aliphatic hydroxyl groups is 2. The Hall–Kier alpha value is -3.69. The van der Waals surface area contributed by atoms with Crippen molar-refractivity contribution in [2.24, 2.45) is 0 Å². The molecule has 0 aliphatic heterocycles. The summed E-state index contributed by atoms with van der Waals surface area (Å²) in [5.74, 6) is -0.266. The van der Waals surface area contributed by atoms with Crippen LogP contribution in [0.1, 0.15) is 54.1 Å². The van der Waals surface area contributed by atoms with Crippen LogP contribution in [0.4, 0.5) is 4.39 Å². The number of aliphatic carboxylic acids is 1. The molecule has 0 radical (unpaired) electrons. The Morgan fingerprint density at radius 1 is 1.18 bits per heavy atom. The van der Waals surface area contributed by atoms with Crippen LogP contribution in [-0.4, -0.2) is 52.4 Å². The molecule has 0 spiro atoms. The number of aliphatic hydroxyl groups excluding tert-OH is 2. The van der Waals surface area contributed by atoms with Gasteiger partial charge in [0.25, 0.3) is 0 Å². The molecule has 0 saturated carbocycles. The summed E-state index contributed by atoms with van der Waals surface area (Å²) in [5.41, 5.74) is 4.52. The van der Waals surface area contributed by atoms with Crippen molar-refractivity contribution >= 4 is 12.0 Å². The van der Waals surface area contributed by atoms with E-state index in [-0.39, 0.29) is 18.2 Å². The van der Waals surface area contributed by atoms with Crippen molar-refractivity contribution in [3.05, 3.63) is 76.9 Å². The highest BCUT2D eigenvalue weighted by Gasteiger charge is 2.28. The lowest BCUT2D eigenvalue weighted by atomic mass is 9.83. The number of ether oxygens (including phenoxy) is 2. The van der Waals surface area contributed by atoms with E-state index in [1.54, 1.807) is 37.1 Å². The number of carbonyl (C=O) groups excluding carboxylic acids is 1. The minimum atomic E-state index is -1.38. The molecule has 1 aliphatic carbocycles. The molecule has 2 N–H and O–H groups in total. The monoisotopic (exact) mass is 523 g/mol. The van der Waals surface area contributed by atoms with Crippen molar-refractivity contribution in [3.8, 4) is 17.2 Å². The fraction of sp³-hybridized carbons (Fsp3) is 0.379. The van der Waals surface area contributed by atoms with Gasteiger partial charge in [0.2, 0.25) is 0 Å². The Morgan fingerprint density at radius 3 is 2.61 bits per heavy atom. The van der Waals surface area contributed by atoms with Gasteiger partial charge in [0.05, 0.1) is 43.5 Å². The number of methoxy groups -OCH3 is 2. The molecule has 4 rings (SSSR count). The summed E-state index contributed by atoms with van der Waals surface area (Å²) in [6, 6.07) is 11.9. The number of nitrogens with zero attached hydrogens (tertiary/aromatic N) is 2. The number of halogens is 1. The van der Waals surface area contributed by atoms with Crippen LogP contribution in [0, 0.1) is 5.82 Å². The van der Waals surface area contributed by atoms with E-state index in [9.17, 15) is 24.5 Å². The van der Waals surface area contributed by atoms with E-state index in [0.717, 1.165) is 48.2 Å². The Labute approximate surface area is 221 Å². The second-order valence-electron chi connectivity index (χ2n) is 9.51. The largest absolute Gasteiger partial charge is 0.550 e. The molecular formula is C29H32FN2O6-. The second kappa shape index (κ2) is 12.2. The summed E-state index contributed by atoms with van der Waals surface area (Å²) >= 11 is 0. The summed E-state index contributed by atoms with van der Waals surface area (Å²) in [4.78, 5) is 10.7. The van der Waals surface area contributed by atoms with E-state index in [2.05, 4.69) is 0 Å². The van der Waals surface area contributed by atoms with Gasteiger partial charge in [0.1, 0.15) is 5.82 Å². The van der Waals surface area contributed by atoms with Crippen molar-refractivity contribution in [2.75, 3.05) is 14.2 Å². The number of carboxylic acid groups (broad SMARTS) is 1. The molecule has 1 aliphatic rings. The van der Waals surface area contributed by atoms with E-state index in [4.69, 9.17) is 14.6 Å². The molecule has 38 heavy (non-hydrogen) atoms. The standard InChI is InChI=1S/C29H33FN2O6/c1-37-26-13-6-18(15-27(26)38-2)14-19-4-3-5-24-25(12-11-22(33)16-23(34)17-28(35)36)32(31-29(19)24)21-9-7-20(30)8-10-21/h6-13,15,19,22-23,33-34H,3-5,14,16-17H2,1-2H3,(H,35,36)/p-1/b12-11+/t19?,22-,23-/m1/s1. The zero-order valence-corrected chi connectivity index (χ0v) is 21.5. The first-order chi connectivity index (χ1) is 18.3. The van der Waals surface area contributed by atoms with Gasteiger partial charge in [-0.3, -0.25) is 0 Å². The van der Waals surface area contributed by atoms with Gasteiger partial charge in [-0.25, -0.2) is 9.07 Å². The van der Waals surface area contributed by atoms with Gasteiger partial charge in [-0.1, -0.05) is 12.1 Å². The van der Waals surface area contributed by atoms with E-state index in [1.165, 1.54) is 18.2 Å². The normalized spacial score (nSPS) is 16.7. The molecule has 2 aromatic carbocycles. The SMILES string of the molecule is COc1ccc(CC2CCCc3c2nn(-c2ccc(F)cc2)c3/C=C/[C@@H](O)C[C@@H](O)CC(=O)[O-])cc1OC. The Balaban J connectivity index is 1.67. The first-order valence-electron chi connectivity index (χ1n) is 12.6. The van der Waals surface area contributed by atoms with Gasteiger partial charge in [-0.15, -0.1) is 0 Å². The third kappa shape index (κ3) is 6.41. The van der Waals surface area contributed by atoms with Gasteiger partial charge in [0.15, 0.2) is 11.5 Å². The molecule has 1 unspecified atom stereocenters. The van der Waals surface area contributed by atoms with Gasteiger partial charge < -0.3 is 29.6 Å². The highest BCUT2D eigenvalue weighted by atomic mass is 19.1. The van der Waals surface area contributed by atoms with Gasteiger partial charge in [-0.05, 0) is 73.7 Å². The van der Waals surface area contributed by atoms with Crippen LogP contribution in [0.3, 0.4) is 0 Å². The second-order valence-corrected chi connectivity index (χ2v) is 9.51. The number of carboxylic acids is 1. The number of hydrogen-bond acceptors (Lipinski definition) is 7. The third-order valence-corrected chi connectivity index (χ3v) is 6.81. The Kier molecular flexibility index (Phi) is 8.81. The van der Waals surface area contributed by atoms with E-state index < -0.39 is 24.6 Å². The molecule has 0 fully saturated rings. The maximum atomic E-state index is 13.6. The smallest absolute Gasteiger partial charge is 0.160 e. The van der Waals surface area contributed by atoms with Crippen molar-refractivity contribution < 1.29 is 34.0 Å². The minimum absolute atomic E-state index is 0.139. The number of benzene rings is 2. The molecule has 0 amide bonds. The molecule has 1 heterocycles. The fourth-order valence-electron chi connectivity index (χ4n) is 5.00. The van der Waals surface area contributed by atoms with Crippen molar-refractivity contribution in [2.45, 2.75) is 56.7 Å². The lowest BCUT2D eigenvalue weighted by Crippen LogP contribution is -2.29. The average molecular weight is 524 g/mol. The lowest BCUT2D eigenvalue weighted by molar-refractivity contribution is -0.307. The molecule has 202 valence electrons. The van der Waals surface area contributed by atoms with Crippen LogP contribution in [0.15, 0.2) is 48.5 Å². The summed E-state index contributed by atoms with van der Waals surface area (Å²) in [7, 11) is 3.21. The van der Waals surface area contributed by atoms with E-state index in [1.807, 2.05) is 18.2 Å². The molecule has 9 heteroatoms. The minimum Gasteiger partial charge on any atom is -0.550 e. The number of fused-ring (bicyclic) bond motifs is 1. The van der Waals surface area contributed by atoms with Crippen molar-refractivity contribution in [1.82, 2.24) is 9.78 Å². The molecular weight excluding hydrogens is 491 g/mol. The Morgan fingerprint density at radius 2 is 1.92 bits per heavy atom. The quantitative estimate of drug-likeness (QED) is 0.397. The van der Waals surface area contributed by atoms with Gasteiger partial charge >= 0.3 is 0 Å². The molecule has 0 bridgehead atoms. The highest BCUT2D eigenvalue weighted by Crippen LogP contribution is 2.38. The zero-order valence-electron chi connectivity index (χ0n) is 21.5. The van der Waals surface area contributed by atoms with Gasteiger partial charge in [-0.2, -0.15) is 5.10 Å². The first-order valence-corrected chi connectivity index (χ1v) is 12.6. The first kappa shape index (κ1) is 27.3. The van der Waals surface area contributed by atoms with Crippen LogP contribution < -0.4 is 14.6 Å². The van der Waals surface area contributed by atoms with Crippen LogP contribution in [0.25, 0.3) is 11.8 Å². The topological polar surface area (TPSA) is 117 Å². The predicted octanol–water partition coefficient (Wildman–Crippen LogP) is 2.96. The Bertz CT molecular complexity index is 1290. The molecule has 3 aromatic rings. The predicted molar refractivity (Wildman–Crippen MR) is 138 cm³/mol. The van der Waals surface area contributed by atoms with Crippen molar-refractivity contribution in [1.29, 1.82) is 0 Å². The maximum Gasteiger partial charge on any atom is 0.160 e. The molecule has 0 saturated heterocycles. The zero-order chi connectivity index (χ0) is 27.2. The van der Waals surface area contributed by atoms with Gasteiger partial charge in [0, 0.05) is 30.3 Å². The van der Waals surface area contributed by atoms with Crippen LogP contribution in [0.5, 0.6) is 11.5 Å². The van der Waals surface area contributed by atoms with Crippen LogP contribution in [0.2, 0.25) is 0 Å². The van der Waals surface area contributed by atoms with E-state index in [0.29, 0.717) is 17.2 Å². The number of rotatable bonds is 11. The molecule has 1 aromatic heterocycles.